The third kappa shape index (κ3) is 5.20. The zero-order chi connectivity index (χ0) is 33.4. The standard InChI is InChI=1S/C33H23ClF6N6O/c1-3-18-4-5-19(20-6-7-24(34)22-13-41-45(2)30(20)22)28(42-18)25(10-15-8-16(35)11-17(36)9-15)43-26(47)14-46-31-27(29(44-46)32(37)38)21-12-23(21)33(31,39)40/h1,4-9,11,13,21,23,25,32H,10,12,14H2,2H3,(H,43,47)/t21-,23+,25-/m0/s1. The first-order valence-corrected chi connectivity index (χ1v) is 14.8. The molecule has 0 bridgehead atoms. The van der Waals surface area contributed by atoms with Gasteiger partial charge >= 0.3 is 0 Å². The molecule has 1 amide bonds. The van der Waals surface area contributed by atoms with E-state index in [2.05, 4.69) is 26.4 Å². The van der Waals surface area contributed by atoms with E-state index in [1.165, 1.54) is 0 Å². The van der Waals surface area contributed by atoms with E-state index in [0.29, 0.717) is 37.8 Å². The lowest BCUT2D eigenvalue weighted by Crippen LogP contribution is -2.35. The van der Waals surface area contributed by atoms with Gasteiger partial charge in [-0.15, -0.1) is 6.42 Å². The Morgan fingerprint density at radius 1 is 1.13 bits per heavy atom. The van der Waals surface area contributed by atoms with Crippen LogP contribution in [0.3, 0.4) is 0 Å². The highest BCUT2D eigenvalue weighted by atomic mass is 35.5. The molecule has 47 heavy (non-hydrogen) atoms. The third-order valence-electron chi connectivity index (χ3n) is 8.70. The molecule has 0 spiro atoms. The highest BCUT2D eigenvalue weighted by Crippen LogP contribution is 2.68. The van der Waals surface area contributed by atoms with E-state index in [1.54, 1.807) is 42.2 Å². The normalized spacial score (nSPS) is 18.2. The minimum Gasteiger partial charge on any atom is -0.346 e. The van der Waals surface area contributed by atoms with Crippen LogP contribution in [0.4, 0.5) is 26.3 Å². The van der Waals surface area contributed by atoms with Gasteiger partial charge in [0, 0.05) is 41.1 Å². The van der Waals surface area contributed by atoms with Gasteiger partial charge in [-0.2, -0.15) is 19.0 Å². The average Bonchev–Trinajstić information content (AvgIpc) is 3.50. The number of aromatic nitrogens is 5. The first-order chi connectivity index (χ1) is 22.4. The Bertz CT molecular complexity index is 2120. The Morgan fingerprint density at radius 3 is 2.55 bits per heavy atom. The number of nitrogens with zero attached hydrogens (tertiary/aromatic N) is 5. The number of halogens is 7. The molecular weight excluding hydrogens is 646 g/mol. The highest BCUT2D eigenvalue weighted by Gasteiger charge is 2.67. The molecule has 0 unspecified atom stereocenters. The number of aryl methyl sites for hydroxylation is 1. The number of terminal acetylenes is 1. The minimum absolute atomic E-state index is 0.0679. The largest absolute Gasteiger partial charge is 0.346 e. The van der Waals surface area contributed by atoms with E-state index < -0.39 is 65.7 Å². The van der Waals surface area contributed by atoms with Crippen molar-refractivity contribution in [2.75, 3.05) is 0 Å². The van der Waals surface area contributed by atoms with E-state index in [-0.39, 0.29) is 35.4 Å². The summed E-state index contributed by atoms with van der Waals surface area (Å²) in [6.07, 6.45) is 3.99. The van der Waals surface area contributed by atoms with Crippen LogP contribution in [0.1, 0.15) is 58.7 Å². The number of nitrogens with one attached hydrogen (secondary N) is 1. The summed E-state index contributed by atoms with van der Waals surface area (Å²) in [5, 5.41) is 11.8. The molecule has 2 aliphatic carbocycles. The maximum Gasteiger partial charge on any atom is 0.293 e. The van der Waals surface area contributed by atoms with Crippen LogP contribution in [0.5, 0.6) is 0 Å². The molecule has 0 saturated heterocycles. The fourth-order valence-electron chi connectivity index (χ4n) is 6.66. The van der Waals surface area contributed by atoms with E-state index in [0.717, 1.165) is 12.1 Å². The number of carbonyl (C=O) groups is 1. The molecule has 0 aliphatic heterocycles. The van der Waals surface area contributed by atoms with Crippen molar-refractivity contribution >= 4 is 28.4 Å². The van der Waals surface area contributed by atoms with Crippen LogP contribution in [-0.2, 0) is 30.7 Å². The Hall–Kier alpha value is -4.83. The molecule has 5 aromatic rings. The molecule has 2 aliphatic rings. The van der Waals surface area contributed by atoms with Gasteiger partial charge in [-0.1, -0.05) is 23.6 Å². The van der Waals surface area contributed by atoms with E-state index in [1.807, 2.05) is 0 Å². The van der Waals surface area contributed by atoms with Crippen LogP contribution in [-0.4, -0.2) is 30.5 Å². The summed E-state index contributed by atoms with van der Waals surface area (Å²) in [6, 6.07) is 8.32. The SMILES string of the molecule is C#Cc1ccc(-c2ccc(Cl)c3cnn(C)c23)c([C@H](Cc2cc(F)cc(F)c2)NC(=O)Cn2nc(C(F)F)c3c2C(F)(F)[C@@H]2C[C@H]32)n1. The lowest BCUT2D eigenvalue weighted by atomic mass is 9.94. The quantitative estimate of drug-likeness (QED) is 0.143. The summed E-state index contributed by atoms with van der Waals surface area (Å²) >= 11 is 6.42. The van der Waals surface area contributed by atoms with Gasteiger partial charge in [0.05, 0.1) is 28.5 Å². The number of rotatable bonds is 8. The van der Waals surface area contributed by atoms with Gasteiger partial charge in [-0.05, 0) is 54.7 Å². The van der Waals surface area contributed by atoms with E-state index in [9.17, 15) is 22.4 Å². The summed E-state index contributed by atoms with van der Waals surface area (Å²) in [5.41, 5.74) is 0.501. The Morgan fingerprint density at radius 2 is 1.85 bits per heavy atom. The van der Waals surface area contributed by atoms with Crippen molar-refractivity contribution in [1.82, 2.24) is 29.9 Å². The molecule has 3 atom stereocenters. The molecule has 7 rings (SSSR count). The van der Waals surface area contributed by atoms with E-state index >= 15 is 8.78 Å². The predicted molar refractivity (Wildman–Crippen MR) is 160 cm³/mol. The Kier molecular flexibility index (Phi) is 7.31. The van der Waals surface area contributed by atoms with Gasteiger partial charge in [0.25, 0.3) is 12.3 Å². The van der Waals surface area contributed by atoms with E-state index in [4.69, 9.17) is 18.0 Å². The number of alkyl halides is 4. The van der Waals surface area contributed by atoms with Crippen LogP contribution >= 0.6 is 11.6 Å². The molecular formula is C33H23ClF6N6O. The molecule has 2 aromatic carbocycles. The fraction of sp³-hybridized carbons (Fsp3) is 0.273. The van der Waals surface area contributed by atoms with Gasteiger partial charge in [0.2, 0.25) is 5.91 Å². The van der Waals surface area contributed by atoms with Crippen molar-refractivity contribution in [3.63, 3.8) is 0 Å². The molecule has 1 N–H and O–H groups in total. The highest BCUT2D eigenvalue weighted by molar-refractivity contribution is 6.35. The monoisotopic (exact) mass is 668 g/mol. The van der Waals surface area contributed by atoms with Crippen LogP contribution in [0.25, 0.3) is 22.0 Å². The summed E-state index contributed by atoms with van der Waals surface area (Å²) in [7, 11) is 1.70. The number of amides is 1. The van der Waals surface area contributed by atoms with Crippen LogP contribution in [0, 0.1) is 29.9 Å². The maximum atomic E-state index is 15.2. The number of carbonyl (C=O) groups excluding carboxylic acids is 1. The zero-order valence-electron chi connectivity index (χ0n) is 24.4. The molecule has 240 valence electrons. The number of hydrogen-bond donors (Lipinski definition) is 1. The van der Waals surface area contributed by atoms with Gasteiger partial charge in [0.1, 0.15) is 35.3 Å². The van der Waals surface area contributed by atoms with Crippen molar-refractivity contribution in [3.8, 4) is 23.5 Å². The summed E-state index contributed by atoms with van der Waals surface area (Å²) in [5.74, 6) is -5.45. The number of pyridine rings is 1. The molecule has 1 fully saturated rings. The van der Waals surface area contributed by atoms with Crippen molar-refractivity contribution < 1.29 is 31.1 Å². The van der Waals surface area contributed by atoms with Crippen molar-refractivity contribution in [2.24, 2.45) is 13.0 Å². The van der Waals surface area contributed by atoms with Gasteiger partial charge < -0.3 is 5.32 Å². The fourth-order valence-corrected chi connectivity index (χ4v) is 6.86. The summed E-state index contributed by atoms with van der Waals surface area (Å²) in [4.78, 5) is 18.2. The first-order valence-electron chi connectivity index (χ1n) is 14.5. The topological polar surface area (TPSA) is 77.6 Å². The Labute approximate surface area is 268 Å². The van der Waals surface area contributed by atoms with Crippen LogP contribution in [0.15, 0.2) is 48.7 Å². The second kappa shape index (κ2) is 11.2. The van der Waals surface area contributed by atoms with Crippen LogP contribution < -0.4 is 5.32 Å². The summed E-state index contributed by atoms with van der Waals surface area (Å²) in [6.45, 7) is -0.824. The van der Waals surface area contributed by atoms with Gasteiger partial charge in [-0.25, -0.2) is 22.5 Å². The molecule has 3 heterocycles. The molecule has 7 nitrogen and oxygen atoms in total. The number of hydrogen-bond acceptors (Lipinski definition) is 4. The molecule has 3 aromatic heterocycles. The maximum absolute atomic E-state index is 15.2. The van der Waals surface area contributed by atoms with Crippen molar-refractivity contribution in [1.29, 1.82) is 0 Å². The number of benzene rings is 2. The molecule has 0 radical (unpaired) electrons. The lowest BCUT2D eigenvalue weighted by Gasteiger charge is -2.23. The predicted octanol–water partition coefficient (Wildman–Crippen LogP) is 6.99. The molecule has 14 heteroatoms. The molecule has 1 saturated carbocycles. The van der Waals surface area contributed by atoms with Gasteiger partial charge in [-0.3, -0.25) is 14.2 Å². The van der Waals surface area contributed by atoms with Gasteiger partial charge in [0.15, 0.2) is 0 Å². The third-order valence-corrected chi connectivity index (χ3v) is 9.03. The van der Waals surface area contributed by atoms with Crippen molar-refractivity contribution in [2.45, 2.75) is 43.7 Å². The van der Waals surface area contributed by atoms with Crippen molar-refractivity contribution in [3.05, 3.63) is 99.2 Å². The Balaban J connectivity index is 1.32. The number of fused-ring (bicyclic) bond motifs is 4. The second-order valence-electron chi connectivity index (χ2n) is 11.7. The average molecular weight is 669 g/mol. The first kappa shape index (κ1) is 30.8. The minimum atomic E-state index is -3.43. The second-order valence-corrected chi connectivity index (χ2v) is 12.1. The zero-order valence-corrected chi connectivity index (χ0v) is 25.2. The van der Waals surface area contributed by atoms with Crippen LogP contribution in [0.2, 0.25) is 5.02 Å². The smallest absolute Gasteiger partial charge is 0.293 e. The lowest BCUT2D eigenvalue weighted by molar-refractivity contribution is -0.123. The summed E-state index contributed by atoms with van der Waals surface area (Å²) < 4.78 is 88.9.